The van der Waals surface area contributed by atoms with E-state index in [2.05, 4.69) is 10.3 Å². The zero-order chi connectivity index (χ0) is 19.5. The summed E-state index contributed by atoms with van der Waals surface area (Å²) in [6.07, 6.45) is -1.38. The van der Waals surface area contributed by atoms with Crippen LogP contribution in [0.4, 0.5) is 18.3 Å². The van der Waals surface area contributed by atoms with Gasteiger partial charge in [0, 0.05) is 37.3 Å². The second kappa shape index (κ2) is 7.95. The molecule has 1 aliphatic rings. The number of alkyl halides is 3. The number of hydrogen-bond acceptors (Lipinski definition) is 5. The Bertz CT molecular complexity index is 801. The van der Waals surface area contributed by atoms with Crippen LogP contribution in [-0.4, -0.2) is 30.6 Å². The lowest BCUT2D eigenvalue weighted by atomic mass is 9.79. The van der Waals surface area contributed by atoms with Crippen molar-refractivity contribution >= 4 is 22.4 Å². The third kappa shape index (κ3) is 4.66. The summed E-state index contributed by atoms with van der Waals surface area (Å²) >= 11 is 1.25. The van der Waals surface area contributed by atoms with Crippen LogP contribution >= 0.6 is 11.3 Å². The standard InChI is InChI=1S/C18H20F3N3O2S/c19-18(20,21)13-3-1-2-12(8-13)9-14-10-23-16(27-14)24-15(25)17(11-22)4-6-26-7-5-17/h1-3,8,10H,4-7,9,11,22H2,(H,23,24,25). The molecule has 3 rings (SSSR count). The molecule has 1 aromatic carbocycles. The quantitative estimate of drug-likeness (QED) is 0.807. The van der Waals surface area contributed by atoms with Crippen LogP contribution in [0.15, 0.2) is 30.5 Å². The highest BCUT2D eigenvalue weighted by molar-refractivity contribution is 7.15. The Kier molecular flexibility index (Phi) is 5.83. The average molecular weight is 399 g/mol. The maximum absolute atomic E-state index is 12.8. The average Bonchev–Trinajstić information content (AvgIpc) is 3.08. The number of amides is 1. The number of hydrogen-bond donors (Lipinski definition) is 2. The fraction of sp³-hybridized carbons (Fsp3) is 0.444. The summed E-state index contributed by atoms with van der Waals surface area (Å²) in [5.41, 5.74) is 5.02. The van der Waals surface area contributed by atoms with E-state index in [9.17, 15) is 18.0 Å². The molecule has 146 valence electrons. The van der Waals surface area contributed by atoms with Crippen molar-refractivity contribution < 1.29 is 22.7 Å². The number of halogens is 3. The van der Waals surface area contributed by atoms with E-state index in [4.69, 9.17) is 10.5 Å². The van der Waals surface area contributed by atoms with Crippen LogP contribution in [0, 0.1) is 5.41 Å². The Hall–Kier alpha value is -1.97. The first-order valence-electron chi connectivity index (χ1n) is 8.52. The number of nitrogens with two attached hydrogens (primary N) is 1. The molecule has 0 unspecified atom stereocenters. The molecular formula is C18H20F3N3O2S. The van der Waals surface area contributed by atoms with Gasteiger partial charge in [0.1, 0.15) is 0 Å². The summed E-state index contributed by atoms with van der Waals surface area (Å²) in [5, 5.41) is 3.22. The van der Waals surface area contributed by atoms with Crippen molar-refractivity contribution in [1.29, 1.82) is 0 Å². The lowest BCUT2D eigenvalue weighted by Crippen LogP contribution is -2.46. The van der Waals surface area contributed by atoms with Crippen molar-refractivity contribution in [2.24, 2.45) is 11.1 Å². The summed E-state index contributed by atoms with van der Waals surface area (Å²) in [7, 11) is 0. The molecule has 1 amide bonds. The van der Waals surface area contributed by atoms with E-state index in [1.807, 2.05) is 0 Å². The van der Waals surface area contributed by atoms with E-state index < -0.39 is 17.2 Å². The predicted molar refractivity (Wildman–Crippen MR) is 96.5 cm³/mol. The summed E-state index contributed by atoms with van der Waals surface area (Å²) in [4.78, 5) is 17.6. The molecule has 0 bridgehead atoms. The zero-order valence-electron chi connectivity index (χ0n) is 14.5. The maximum atomic E-state index is 12.8. The van der Waals surface area contributed by atoms with Gasteiger partial charge in [-0.05, 0) is 24.5 Å². The maximum Gasteiger partial charge on any atom is 0.416 e. The molecule has 3 N–H and O–H groups in total. The van der Waals surface area contributed by atoms with Gasteiger partial charge in [-0.1, -0.05) is 18.2 Å². The number of nitrogens with zero attached hydrogens (tertiary/aromatic N) is 1. The van der Waals surface area contributed by atoms with Gasteiger partial charge in [-0.2, -0.15) is 13.2 Å². The third-order valence-corrected chi connectivity index (χ3v) is 5.64. The molecule has 27 heavy (non-hydrogen) atoms. The van der Waals surface area contributed by atoms with E-state index in [0.29, 0.717) is 43.2 Å². The SMILES string of the molecule is NCC1(C(=O)Nc2ncc(Cc3cccc(C(F)(F)F)c3)s2)CCOCC1. The van der Waals surface area contributed by atoms with Crippen molar-refractivity contribution in [2.75, 3.05) is 25.1 Å². The molecule has 5 nitrogen and oxygen atoms in total. The smallest absolute Gasteiger partial charge is 0.381 e. The molecule has 0 saturated carbocycles. The van der Waals surface area contributed by atoms with Gasteiger partial charge in [0.05, 0.1) is 11.0 Å². The first kappa shape index (κ1) is 19.8. The number of carbonyl (C=O) groups excluding carboxylic acids is 1. The summed E-state index contributed by atoms with van der Waals surface area (Å²) < 4.78 is 43.8. The number of anilines is 1. The molecular weight excluding hydrogens is 379 g/mol. The first-order chi connectivity index (χ1) is 12.8. The molecule has 0 atom stereocenters. The van der Waals surface area contributed by atoms with Gasteiger partial charge in [0.25, 0.3) is 0 Å². The molecule has 2 heterocycles. The minimum atomic E-state index is -4.37. The van der Waals surface area contributed by atoms with Crippen LogP contribution < -0.4 is 11.1 Å². The number of benzene rings is 1. The normalized spacial score (nSPS) is 16.9. The number of rotatable bonds is 5. The lowest BCUT2D eigenvalue weighted by Gasteiger charge is -2.34. The Balaban J connectivity index is 1.67. The van der Waals surface area contributed by atoms with Gasteiger partial charge in [-0.3, -0.25) is 4.79 Å². The van der Waals surface area contributed by atoms with Crippen LogP contribution in [0.3, 0.4) is 0 Å². The molecule has 1 saturated heterocycles. The van der Waals surface area contributed by atoms with Crippen molar-refractivity contribution in [2.45, 2.75) is 25.4 Å². The predicted octanol–water partition coefficient (Wildman–Crippen LogP) is 3.45. The summed E-state index contributed by atoms with van der Waals surface area (Å²) in [6, 6.07) is 5.20. The number of aromatic nitrogens is 1. The van der Waals surface area contributed by atoms with Crippen LogP contribution in [0.2, 0.25) is 0 Å². The highest BCUT2D eigenvalue weighted by atomic mass is 32.1. The van der Waals surface area contributed by atoms with Crippen molar-refractivity contribution in [3.63, 3.8) is 0 Å². The molecule has 1 fully saturated rings. The van der Waals surface area contributed by atoms with Crippen LogP contribution in [0.1, 0.15) is 28.8 Å². The Morgan fingerprint density at radius 3 is 2.74 bits per heavy atom. The zero-order valence-corrected chi connectivity index (χ0v) is 15.3. The first-order valence-corrected chi connectivity index (χ1v) is 9.34. The van der Waals surface area contributed by atoms with Crippen molar-refractivity contribution in [3.8, 4) is 0 Å². The van der Waals surface area contributed by atoms with Crippen molar-refractivity contribution in [3.05, 3.63) is 46.5 Å². The molecule has 9 heteroatoms. The molecule has 0 radical (unpaired) electrons. The Morgan fingerprint density at radius 2 is 2.07 bits per heavy atom. The Morgan fingerprint density at radius 1 is 1.33 bits per heavy atom. The highest BCUT2D eigenvalue weighted by Crippen LogP contribution is 2.33. The molecule has 2 aromatic rings. The number of ether oxygens (including phenoxy) is 1. The van der Waals surface area contributed by atoms with E-state index >= 15 is 0 Å². The molecule has 1 aliphatic heterocycles. The fourth-order valence-electron chi connectivity index (χ4n) is 3.02. The molecule has 0 aliphatic carbocycles. The van der Waals surface area contributed by atoms with Gasteiger partial charge in [-0.25, -0.2) is 4.98 Å². The number of thiazole rings is 1. The summed E-state index contributed by atoms with van der Waals surface area (Å²) in [5.74, 6) is -0.187. The third-order valence-electron chi connectivity index (χ3n) is 4.73. The monoisotopic (exact) mass is 399 g/mol. The topological polar surface area (TPSA) is 77.2 Å². The van der Waals surface area contributed by atoms with Gasteiger partial charge in [0.2, 0.25) is 5.91 Å². The van der Waals surface area contributed by atoms with Crippen LogP contribution in [0.25, 0.3) is 0 Å². The van der Waals surface area contributed by atoms with Gasteiger partial charge in [-0.15, -0.1) is 11.3 Å². The van der Waals surface area contributed by atoms with Crippen molar-refractivity contribution in [1.82, 2.24) is 4.98 Å². The summed E-state index contributed by atoms with van der Waals surface area (Å²) in [6.45, 7) is 1.21. The lowest BCUT2D eigenvalue weighted by molar-refractivity contribution is -0.137. The fourth-order valence-corrected chi connectivity index (χ4v) is 3.86. The van der Waals surface area contributed by atoms with Gasteiger partial charge >= 0.3 is 6.18 Å². The van der Waals surface area contributed by atoms with Crippen LogP contribution in [-0.2, 0) is 22.1 Å². The molecule has 0 spiro atoms. The minimum Gasteiger partial charge on any atom is -0.381 e. The second-order valence-electron chi connectivity index (χ2n) is 6.56. The largest absolute Gasteiger partial charge is 0.416 e. The van der Waals surface area contributed by atoms with E-state index in [0.717, 1.165) is 17.0 Å². The van der Waals surface area contributed by atoms with Gasteiger partial charge in [0.15, 0.2) is 5.13 Å². The highest BCUT2D eigenvalue weighted by Gasteiger charge is 2.39. The second-order valence-corrected chi connectivity index (χ2v) is 7.67. The van der Waals surface area contributed by atoms with E-state index in [-0.39, 0.29) is 12.5 Å². The Labute approximate surface area is 158 Å². The van der Waals surface area contributed by atoms with Crippen LogP contribution in [0.5, 0.6) is 0 Å². The van der Waals surface area contributed by atoms with E-state index in [1.54, 1.807) is 12.3 Å². The van der Waals surface area contributed by atoms with Gasteiger partial charge < -0.3 is 15.8 Å². The number of nitrogens with one attached hydrogen (secondary N) is 1. The van der Waals surface area contributed by atoms with E-state index in [1.165, 1.54) is 17.4 Å². The molecule has 1 aromatic heterocycles. The minimum absolute atomic E-state index is 0.187. The number of carbonyl (C=O) groups is 1.